The molecule has 10 rings (SSSR count). The summed E-state index contributed by atoms with van der Waals surface area (Å²) in [6, 6.07) is 66.1. The van der Waals surface area contributed by atoms with E-state index in [9.17, 15) is 0 Å². The van der Waals surface area contributed by atoms with Gasteiger partial charge in [-0.3, -0.25) is 0 Å². The van der Waals surface area contributed by atoms with E-state index in [4.69, 9.17) is 15.0 Å². The number of hydrogen-bond donors (Lipinski definition) is 0. The minimum atomic E-state index is 0.698. The third kappa shape index (κ3) is 5.02. The lowest BCUT2D eigenvalue weighted by Gasteiger charge is -2.18. The van der Waals surface area contributed by atoms with Crippen LogP contribution in [0.25, 0.3) is 99.5 Å². The van der Waals surface area contributed by atoms with E-state index in [1.165, 1.54) is 16.2 Å². The smallest absolute Gasteiger partial charge is 0.161 e. The monoisotopic (exact) mass is 661 g/mol. The molecule has 0 aliphatic rings. The van der Waals surface area contributed by atoms with Crippen molar-refractivity contribution in [3.05, 3.63) is 188 Å². The van der Waals surface area contributed by atoms with Crippen LogP contribution in [0.1, 0.15) is 0 Å². The molecule has 242 valence electrons. The van der Waals surface area contributed by atoms with Crippen LogP contribution in [-0.2, 0) is 0 Å². The first-order chi connectivity index (χ1) is 25.8. The van der Waals surface area contributed by atoms with E-state index < -0.39 is 0 Å². The van der Waals surface area contributed by atoms with Crippen molar-refractivity contribution in [1.82, 2.24) is 15.0 Å². The lowest BCUT2D eigenvalue weighted by molar-refractivity contribution is 1.19. The lowest BCUT2D eigenvalue weighted by Crippen LogP contribution is -2.01. The molecule has 0 fully saturated rings. The van der Waals surface area contributed by atoms with Gasteiger partial charge in [0.2, 0.25) is 0 Å². The Labute approximate surface area is 301 Å². The van der Waals surface area contributed by atoms with Crippen molar-refractivity contribution < 1.29 is 0 Å². The molecule has 0 spiro atoms. The second kappa shape index (κ2) is 12.4. The van der Waals surface area contributed by atoms with Gasteiger partial charge in [0.05, 0.1) is 22.6 Å². The van der Waals surface area contributed by atoms with Crippen molar-refractivity contribution in [3.8, 4) is 56.3 Å². The van der Waals surface area contributed by atoms with E-state index >= 15 is 0 Å². The molecular weight excluding hydrogens is 631 g/mol. The number of benzene rings is 8. The van der Waals surface area contributed by atoms with Gasteiger partial charge in [-0.25, -0.2) is 15.0 Å². The molecule has 0 atom stereocenters. The maximum absolute atomic E-state index is 5.43. The molecule has 52 heavy (non-hydrogen) atoms. The Morgan fingerprint density at radius 1 is 0.308 bits per heavy atom. The summed E-state index contributed by atoms with van der Waals surface area (Å²) in [6.45, 7) is 0. The van der Waals surface area contributed by atoms with Crippen molar-refractivity contribution in [1.29, 1.82) is 0 Å². The number of hydrogen-bond acceptors (Lipinski definition) is 3. The highest BCUT2D eigenvalue weighted by molar-refractivity contribution is 6.22. The number of nitrogens with zero attached hydrogens (tertiary/aromatic N) is 3. The van der Waals surface area contributed by atoms with Gasteiger partial charge in [-0.15, -0.1) is 0 Å². The van der Waals surface area contributed by atoms with Crippen molar-refractivity contribution in [2.24, 2.45) is 0 Å². The zero-order chi connectivity index (χ0) is 34.4. The van der Waals surface area contributed by atoms with Crippen LogP contribution < -0.4 is 0 Å². The minimum absolute atomic E-state index is 0.698. The first-order valence-electron chi connectivity index (χ1n) is 17.6. The molecule has 8 aromatic carbocycles. The molecule has 0 aliphatic carbocycles. The molecule has 0 aliphatic heterocycles. The van der Waals surface area contributed by atoms with Gasteiger partial charge in [0.1, 0.15) is 0 Å². The highest BCUT2D eigenvalue weighted by atomic mass is 14.9. The second-order valence-corrected chi connectivity index (χ2v) is 13.1. The van der Waals surface area contributed by atoms with E-state index in [-0.39, 0.29) is 0 Å². The van der Waals surface area contributed by atoms with Gasteiger partial charge < -0.3 is 0 Å². The standard InChI is InChI=1S/C49H31N3/c1-3-17-34(18-4-1)47-44(48(35-19-5-2-6-20-35)52-49(51-47)40-27-14-21-32-15-7-9-24-38(32)40)36-22-13-23-37(31-36)46-42-30-29-33-16-8-10-25-39(33)45(42)41-26-11-12-28-43(41)50-46/h1-31H. The molecular formula is C49H31N3. The summed E-state index contributed by atoms with van der Waals surface area (Å²) >= 11 is 0. The summed E-state index contributed by atoms with van der Waals surface area (Å²) in [6.07, 6.45) is 0. The Hall–Kier alpha value is -6.97. The van der Waals surface area contributed by atoms with Crippen molar-refractivity contribution in [2.75, 3.05) is 0 Å². The van der Waals surface area contributed by atoms with E-state index in [1.54, 1.807) is 0 Å². The fourth-order valence-electron chi connectivity index (χ4n) is 7.65. The lowest BCUT2D eigenvalue weighted by atomic mass is 9.91. The van der Waals surface area contributed by atoms with Gasteiger partial charge in [-0.1, -0.05) is 176 Å². The third-order valence-electron chi connectivity index (χ3n) is 10.0. The van der Waals surface area contributed by atoms with Gasteiger partial charge in [0.25, 0.3) is 0 Å². The highest BCUT2D eigenvalue weighted by Gasteiger charge is 2.22. The molecule has 0 N–H and O–H groups in total. The molecule has 3 heteroatoms. The first kappa shape index (κ1) is 29.9. The third-order valence-corrected chi connectivity index (χ3v) is 10.0. The molecule has 0 amide bonds. The summed E-state index contributed by atoms with van der Waals surface area (Å²) in [5.41, 5.74) is 9.83. The van der Waals surface area contributed by atoms with Crippen LogP contribution in [0.5, 0.6) is 0 Å². The highest BCUT2D eigenvalue weighted by Crippen LogP contribution is 2.43. The van der Waals surface area contributed by atoms with Crippen LogP contribution in [-0.4, -0.2) is 15.0 Å². The van der Waals surface area contributed by atoms with E-state index in [0.29, 0.717) is 5.82 Å². The molecule has 0 saturated heterocycles. The molecule has 0 saturated carbocycles. The molecule has 0 bridgehead atoms. The van der Waals surface area contributed by atoms with Crippen LogP contribution in [0.3, 0.4) is 0 Å². The van der Waals surface area contributed by atoms with Gasteiger partial charge in [-0.05, 0) is 39.2 Å². The Morgan fingerprint density at radius 2 is 0.846 bits per heavy atom. The normalized spacial score (nSPS) is 11.5. The fraction of sp³-hybridized carbons (Fsp3) is 0. The van der Waals surface area contributed by atoms with Gasteiger partial charge >= 0.3 is 0 Å². The zero-order valence-electron chi connectivity index (χ0n) is 28.2. The molecule has 0 radical (unpaired) electrons. The first-order valence-corrected chi connectivity index (χ1v) is 17.6. The van der Waals surface area contributed by atoms with E-state index in [2.05, 4.69) is 188 Å². The second-order valence-electron chi connectivity index (χ2n) is 13.1. The van der Waals surface area contributed by atoms with Crippen LogP contribution >= 0.6 is 0 Å². The number of pyridine rings is 1. The molecule has 2 heterocycles. The Bertz CT molecular complexity index is 2870. The average molecular weight is 662 g/mol. The van der Waals surface area contributed by atoms with Gasteiger partial charge in [0, 0.05) is 44.0 Å². The van der Waals surface area contributed by atoms with Crippen molar-refractivity contribution >= 4 is 43.2 Å². The number of rotatable bonds is 5. The number of aromatic nitrogens is 3. The Morgan fingerprint density at radius 3 is 1.58 bits per heavy atom. The maximum Gasteiger partial charge on any atom is 0.161 e. The molecule has 0 unspecified atom stereocenters. The zero-order valence-corrected chi connectivity index (χ0v) is 28.2. The predicted molar refractivity (Wildman–Crippen MR) is 217 cm³/mol. The number of fused-ring (bicyclic) bond motifs is 6. The fourth-order valence-corrected chi connectivity index (χ4v) is 7.65. The summed E-state index contributed by atoms with van der Waals surface area (Å²) in [5, 5.41) is 8.24. The van der Waals surface area contributed by atoms with Crippen molar-refractivity contribution in [3.63, 3.8) is 0 Å². The summed E-state index contributed by atoms with van der Waals surface area (Å²) in [5.74, 6) is 0.698. The average Bonchev–Trinajstić information content (AvgIpc) is 3.23. The van der Waals surface area contributed by atoms with Crippen LogP contribution in [0.2, 0.25) is 0 Å². The molecule has 3 nitrogen and oxygen atoms in total. The van der Waals surface area contributed by atoms with E-state index in [0.717, 1.165) is 77.5 Å². The van der Waals surface area contributed by atoms with E-state index in [1.807, 2.05) is 0 Å². The van der Waals surface area contributed by atoms with Crippen molar-refractivity contribution in [2.45, 2.75) is 0 Å². The van der Waals surface area contributed by atoms with Gasteiger partial charge in [0.15, 0.2) is 5.82 Å². The summed E-state index contributed by atoms with van der Waals surface area (Å²) in [4.78, 5) is 16.2. The SMILES string of the molecule is c1ccc(-c2nc(-c3cccc4ccccc34)nc(-c3ccccc3)c2-c2cccc(-c3nc4ccccc4c4c3ccc3ccccc34)c2)cc1. The largest absolute Gasteiger partial charge is 0.247 e. The summed E-state index contributed by atoms with van der Waals surface area (Å²) in [7, 11) is 0. The molecule has 10 aromatic rings. The van der Waals surface area contributed by atoms with Crippen LogP contribution in [0.4, 0.5) is 0 Å². The van der Waals surface area contributed by atoms with Crippen LogP contribution in [0.15, 0.2) is 188 Å². The summed E-state index contributed by atoms with van der Waals surface area (Å²) < 4.78 is 0. The predicted octanol–water partition coefficient (Wildman–Crippen LogP) is 12.8. The van der Waals surface area contributed by atoms with Crippen LogP contribution in [0, 0.1) is 0 Å². The Balaban J connectivity index is 1.27. The minimum Gasteiger partial charge on any atom is -0.247 e. The molecule has 2 aromatic heterocycles. The number of para-hydroxylation sites is 1. The quantitative estimate of drug-likeness (QED) is 0.172. The van der Waals surface area contributed by atoms with Gasteiger partial charge in [-0.2, -0.15) is 0 Å². The maximum atomic E-state index is 5.43. The topological polar surface area (TPSA) is 38.7 Å². The Kier molecular flexibility index (Phi) is 7.14.